The second-order valence-corrected chi connectivity index (χ2v) is 12.3. The molecule has 6 rings (SSSR count). The summed E-state index contributed by atoms with van der Waals surface area (Å²) in [5.74, 6) is -3.75. The number of carbonyl (C=O) groups is 3. The van der Waals surface area contributed by atoms with Crippen LogP contribution >= 0.6 is 23.1 Å². The molecule has 0 spiro atoms. The average molecular weight is 501 g/mol. The molecule has 2 bridgehead atoms. The van der Waals surface area contributed by atoms with Crippen molar-refractivity contribution in [1.29, 1.82) is 0 Å². The number of thioether (sulfide) groups is 1. The molecule has 3 heterocycles. The van der Waals surface area contributed by atoms with E-state index in [-0.39, 0.29) is 51.4 Å². The zero-order valence-corrected chi connectivity index (χ0v) is 20.1. The number of carbonyl (C=O) groups excluding carboxylic acids is 2. The Hall–Kier alpha value is -2.59. The number of phenols is 1. The zero-order valence-electron chi connectivity index (χ0n) is 18.5. The van der Waals surface area contributed by atoms with Crippen LogP contribution in [0.25, 0.3) is 0 Å². The molecule has 1 aromatic heterocycles. The molecule has 2 aromatic rings. The number of rotatable bonds is 4. The van der Waals surface area contributed by atoms with Crippen LogP contribution in [0.1, 0.15) is 36.6 Å². The van der Waals surface area contributed by atoms with Crippen molar-refractivity contribution in [2.45, 2.75) is 42.5 Å². The number of benzene rings is 1. The van der Waals surface area contributed by atoms with Crippen LogP contribution in [0, 0.1) is 35.5 Å². The van der Waals surface area contributed by atoms with Crippen LogP contribution in [0.5, 0.6) is 5.75 Å². The maximum atomic E-state index is 13.6. The maximum absolute atomic E-state index is 13.6. The SMILES string of the molecule is CC(C)[C@H](C(=O)O)N1C(=O)[C@@H]2[C@H]3C[C@@H]([C@@H]2C1=O)[C@@H]1[C@H](c2ccccc2O)c2sc(=O)[nH]c2S[C@@H]31. The number of carboxylic acid groups (broad SMARTS) is 1. The number of thiazole rings is 1. The third-order valence-corrected chi connectivity index (χ3v) is 10.8. The van der Waals surface area contributed by atoms with Gasteiger partial charge in [0.25, 0.3) is 0 Å². The monoisotopic (exact) mass is 500 g/mol. The van der Waals surface area contributed by atoms with Crippen LogP contribution in [-0.4, -0.2) is 49.2 Å². The van der Waals surface area contributed by atoms with Gasteiger partial charge in [-0.25, -0.2) is 4.79 Å². The maximum Gasteiger partial charge on any atom is 0.327 e. The van der Waals surface area contributed by atoms with E-state index in [2.05, 4.69) is 4.98 Å². The normalized spacial score (nSPS) is 34.3. The Morgan fingerprint density at radius 3 is 2.44 bits per heavy atom. The molecule has 0 radical (unpaired) electrons. The van der Waals surface area contributed by atoms with Crippen molar-refractivity contribution >= 4 is 40.9 Å². The first-order valence-corrected chi connectivity index (χ1v) is 13.2. The molecule has 1 saturated heterocycles. The summed E-state index contributed by atoms with van der Waals surface area (Å²) in [4.78, 5) is 56.0. The molecule has 2 aliphatic carbocycles. The predicted octanol–water partition coefficient (Wildman–Crippen LogP) is 2.72. The summed E-state index contributed by atoms with van der Waals surface area (Å²) < 4.78 is 0. The molecule has 0 unspecified atom stereocenters. The van der Waals surface area contributed by atoms with Crippen LogP contribution in [0.4, 0.5) is 0 Å². The number of phenolic OH excluding ortho intramolecular Hbond substituents is 1. The first-order chi connectivity index (χ1) is 16.2. The molecule has 1 aromatic carbocycles. The molecule has 10 heteroatoms. The smallest absolute Gasteiger partial charge is 0.327 e. The number of aromatic nitrogens is 1. The molecule has 8 atom stereocenters. The van der Waals surface area contributed by atoms with Crippen molar-refractivity contribution in [3.63, 3.8) is 0 Å². The zero-order chi connectivity index (χ0) is 24.0. The highest BCUT2D eigenvalue weighted by atomic mass is 32.2. The van der Waals surface area contributed by atoms with Gasteiger partial charge in [-0.1, -0.05) is 43.4 Å². The van der Waals surface area contributed by atoms with Crippen molar-refractivity contribution in [3.8, 4) is 5.75 Å². The molecule has 3 fully saturated rings. The number of carboxylic acids is 1. The highest BCUT2D eigenvalue weighted by Gasteiger charge is 2.70. The Bertz CT molecular complexity index is 1280. The number of aliphatic carboxylic acids is 1. The molecule has 2 amide bonds. The Kier molecular flexibility index (Phi) is 4.80. The van der Waals surface area contributed by atoms with E-state index < -0.39 is 29.8 Å². The van der Waals surface area contributed by atoms with Gasteiger partial charge in [0.2, 0.25) is 11.8 Å². The molecular formula is C24H24N2O6S2. The van der Waals surface area contributed by atoms with Gasteiger partial charge in [-0.05, 0) is 36.2 Å². The summed E-state index contributed by atoms with van der Waals surface area (Å²) in [6, 6.07) is 5.91. The lowest BCUT2D eigenvalue weighted by atomic mass is 9.68. The molecular weight excluding hydrogens is 476 g/mol. The third kappa shape index (κ3) is 2.78. The van der Waals surface area contributed by atoms with E-state index in [4.69, 9.17) is 0 Å². The number of H-pyrrole nitrogens is 1. The largest absolute Gasteiger partial charge is 0.508 e. The minimum Gasteiger partial charge on any atom is -0.508 e. The number of fused-ring (bicyclic) bond motifs is 9. The number of aromatic hydroxyl groups is 1. The lowest BCUT2D eigenvalue weighted by Gasteiger charge is -2.43. The third-order valence-electron chi connectivity index (χ3n) is 8.19. The van der Waals surface area contributed by atoms with Crippen LogP contribution in [0.3, 0.4) is 0 Å². The minimum absolute atomic E-state index is 0.00682. The highest BCUT2D eigenvalue weighted by Crippen LogP contribution is 2.69. The Balaban J connectivity index is 1.46. The van der Waals surface area contributed by atoms with Crippen molar-refractivity contribution in [1.82, 2.24) is 9.88 Å². The Morgan fingerprint density at radius 1 is 1.12 bits per heavy atom. The summed E-state index contributed by atoms with van der Waals surface area (Å²) in [6.45, 7) is 3.42. The number of para-hydroxylation sites is 1. The topological polar surface area (TPSA) is 128 Å². The van der Waals surface area contributed by atoms with E-state index >= 15 is 0 Å². The summed E-state index contributed by atoms with van der Waals surface area (Å²) in [5, 5.41) is 21.3. The van der Waals surface area contributed by atoms with Gasteiger partial charge in [-0.15, -0.1) is 11.8 Å². The van der Waals surface area contributed by atoms with Crippen molar-refractivity contribution in [3.05, 3.63) is 44.4 Å². The van der Waals surface area contributed by atoms with E-state index in [1.165, 1.54) is 0 Å². The molecule has 3 N–H and O–H groups in total. The first-order valence-electron chi connectivity index (χ1n) is 11.5. The molecule has 2 saturated carbocycles. The van der Waals surface area contributed by atoms with Gasteiger partial charge in [0.1, 0.15) is 11.8 Å². The van der Waals surface area contributed by atoms with E-state index in [0.717, 1.165) is 31.7 Å². The molecule has 4 aliphatic rings. The van der Waals surface area contributed by atoms with Gasteiger partial charge in [0.15, 0.2) is 0 Å². The van der Waals surface area contributed by atoms with E-state index in [0.29, 0.717) is 6.42 Å². The van der Waals surface area contributed by atoms with Gasteiger partial charge in [-0.3, -0.25) is 19.3 Å². The number of likely N-dealkylation sites (tertiary alicyclic amines) is 1. The van der Waals surface area contributed by atoms with Gasteiger partial charge in [0.05, 0.1) is 16.9 Å². The van der Waals surface area contributed by atoms with Gasteiger partial charge in [-0.2, -0.15) is 0 Å². The quantitative estimate of drug-likeness (QED) is 0.551. The Morgan fingerprint density at radius 2 is 1.79 bits per heavy atom. The summed E-state index contributed by atoms with van der Waals surface area (Å²) >= 11 is 2.70. The van der Waals surface area contributed by atoms with E-state index in [9.17, 15) is 29.4 Å². The van der Waals surface area contributed by atoms with Crippen LogP contribution in [0.2, 0.25) is 0 Å². The number of hydrogen-bond acceptors (Lipinski definition) is 7. The predicted molar refractivity (Wildman–Crippen MR) is 125 cm³/mol. The highest BCUT2D eigenvalue weighted by molar-refractivity contribution is 8.00. The van der Waals surface area contributed by atoms with Crippen molar-refractivity contribution in [2.75, 3.05) is 0 Å². The fourth-order valence-electron chi connectivity index (χ4n) is 7.11. The van der Waals surface area contributed by atoms with Gasteiger partial charge < -0.3 is 15.2 Å². The second kappa shape index (κ2) is 7.45. The molecule has 8 nitrogen and oxygen atoms in total. The van der Waals surface area contributed by atoms with E-state index in [1.54, 1.807) is 37.7 Å². The van der Waals surface area contributed by atoms with Gasteiger partial charge in [0, 0.05) is 21.6 Å². The summed E-state index contributed by atoms with van der Waals surface area (Å²) in [6.07, 6.45) is 0.714. The second-order valence-electron chi connectivity index (χ2n) is 10.1. The number of nitrogens with one attached hydrogen (secondary N) is 1. The Labute approximate surface area is 203 Å². The fourth-order valence-corrected chi connectivity index (χ4v) is 9.99. The number of amides is 2. The molecule has 2 aliphatic heterocycles. The number of hydrogen-bond donors (Lipinski definition) is 3. The minimum atomic E-state index is -1.17. The standard InChI is InChI=1S/C24H24N2O6S2/c1-8(2)17(23(30)31)26-21(28)15-10-7-11(16(15)22(26)29)18-14(10)13(9-5-3-4-6-12(9)27)19-20(33-18)25-24(32)34-19/h3-6,8,10-11,13-18,27H,7H2,1-2H3,(H,25,32)(H,30,31)/t10-,11-,13+,14-,15+,16-,17-,18+/m1/s1. The number of aromatic amines is 1. The van der Waals surface area contributed by atoms with Crippen LogP contribution in [-0.2, 0) is 14.4 Å². The van der Waals surface area contributed by atoms with Crippen molar-refractivity contribution < 1.29 is 24.6 Å². The summed E-state index contributed by atoms with van der Waals surface area (Å²) in [5.41, 5.74) is 0.720. The number of imide groups is 1. The van der Waals surface area contributed by atoms with Crippen molar-refractivity contribution in [2.24, 2.45) is 35.5 Å². The molecule has 178 valence electrons. The van der Waals surface area contributed by atoms with E-state index in [1.807, 2.05) is 12.1 Å². The average Bonchev–Trinajstić information content (AvgIpc) is 3.49. The lowest BCUT2D eigenvalue weighted by Crippen LogP contribution is -2.49. The van der Waals surface area contributed by atoms with Crippen LogP contribution < -0.4 is 4.87 Å². The number of nitrogens with zero attached hydrogens (tertiary/aromatic N) is 1. The lowest BCUT2D eigenvalue weighted by molar-refractivity contribution is -0.157. The summed E-state index contributed by atoms with van der Waals surface area (Å²) in [7, 11) is 0. The van der Waals surface area contributed by atoms with Gasteiger partial charge >= 0.3 is 10.8 Å². The van der Waals surface area contributed by atoms with Crippen LogP contribution in [0.15, 0.2) is 34.1 Å². The fraction of sp³-hybridized carbons (Fsp3) is 0.500. The molecule has 34 heavy (non-hydrogen) atoms. The first kappa shape index (κ1) is 21.9.